The van der Waals surface area contributed by atoms with Crippen molar-refractivity contribution in [2.45, 2.75) is 20.8 Å². The van der Waals surface area contributed by atoms with Gasteiger partial charge in [0.1, 0.15) is 17.1 Å². The molecule has 5 nitrogen and oxygen atoms in total. The predicted octanol–water partition coefficient (Wildman–Crippen LogP) is 10.3. The van der Waals surface area contributed by atoms with Gasteiger partial charge in [-0.05, 0) is 95.9 Å². The first-order valence-electron chi connectivity index (χ1n) is 15.3. The molecule has 0 atom stereocenters. The van der Waals surface area contributed by atoms with E-state index in [2.05, 4.69) is 79.9 Å². The third kappa shape index (κ3) is 5.37. The number of phenols is 1. The Morgan fingerprint density at radius 1 is 0.702 bits per heavy atom. The predicted molar refractivity (Wildman–Crippen MR) is 186 cm³/mol. The van der Waals surface area contributed by atoms with Gasteiger partial charge in [-0.1, -0.05) is 71.7 Å². The van der Waals surface area contributed by atoms with E-state index in [1.807, 2.05) is 66.9 Å². The van der Waals surface area contributed by atoms with Gasteiger partial charge in [0.25, 0.3) is 0 Å². The molecule has 3 heterocycles. The van der Waals surface area contributed by atoms with E-state index in [1.54, 1.807) is 6.07 Å². The number of nitrogens with zero attached hydrogens (tertiary/aromatic N) is 3. The van der Waals surface area contributed by atoms with Crippen molar-refractivity contribution in [3.05, 3.63) is 144 Å². The molecule has 8 aromatic rings. The number of fused-ring (bicyclic) bond motifs is 4. The molecule has 0 aliphatic carbocycles. The van der Waals surface area contributed by atoms with Crippen LogP contribution in [0.25, 0.3) is 60.8 Å². The van der Waals surface area contributed by atoms with Crippen molar-refractivity contribution in [3.63, 3.8) is 0 Å². The zero-order valence-corrected chi connectivity index (χ0v) is 28.3. The third-order valence-electron chi connectivity index (χ3n) is 8.61. The molecule has 232 valence electrons. The summed E-state index contributed by atoms with van der Waals surface area (Å²) in [6, 6.07) is 42.1. The molecule has 0 aliphatic heterocycles. The molecule has 5 aromatic carbocycles. The van der Waals surface area contributed by atoms with Crippen LogP contribution in [0.4, 0.5) is 0 Å². The first-order chi connectivity index (χ1) is 22.4. The maximum atomic E-state index is 10.9. The van der Waals surface area contributed by atoms with Gasteiger partial charge in [-0.2, -0.15) is 6.07 Å². The van der Waals surface area contributed by atoms with Crippen molar-refractivity contribution in [2.24, 2.45) is 0 Å². The average Bonchev–Trinajstić information content (AvgIpc) is 3.39. The summed E-state index contributed by atoms with van der Waals surface area (Å²) in [5.74, 6) is 1.79. The largest absolute Gasteiger partial charge is 0.506 e. The number of aromatic hydroxyl groups is 1. The normalized spacial score (nSPS) is 11.2. The van der Waals surface area contributed by atoms with E-state index in [-0.39, 0.29) is 26.8 Å². The minimum absolute atomic E-state index is 0. The van der Waals surface area contributed by atoms with Gasteiger partial charge in [-0.15, -0.1) is 17.5 Å². The Kier molecular flexibility index (Phi) is 7.87. The Hall–Kier alpha value is -5.25. The van der Waals surface area contributed by atoms with Crippen LogP contribution in [-0.4, -0.2) is 19.6 Å². The number of ether oxygens (including phenoxy) is 1. The molecule has 0 unspecified atom stereocenters. The van der Waals surface area contributed by atoms with Crippen LogP contribution in [0.2, 0.25) is 0 Å². The van der Waals surface area contributed by atoms with E-state index in [0.29, 0.717) is 17.1 Å². The molecule has 0 radical (unpaired) electrons. The third-order valence-corrected chi connectivity index (χ3v) is 8.61. The van der Waals surface area contributed by atoms with Crippen LogP contribution in [0, 0.1) is 26.8 Å². The molecule has 47 heavy (non-hydrogen) atoms. The molecule has 8 rings (SSSR count). The number of phenolic OH excluding ortho intramolecular Hbond substituents is 1. The number of aromatic nitrogens is 3. The van der Waals surface area contributed by atoms with Crippen molar-refractivity contribution < 1.29 is 30.9 Å². The monoisotopic (exact) mass is 791 g/mol. The van der Waals surface area contributed by atoms with Gasteiger partial charge in [0.2, 0.25) is 5.88 Å². The standard InChI is InChI=1S/C41H30N3O2.Pt/c1-25-21-26(2)40(27(3)22-25)33-15-17-37(45)41-34(33)16-18-39(43-41)46-30-13-14-32-31-11-7-8-12-35(31)44(36(32)24-30)38-23-29(19-20-42-38)28-9-5-4-6-10-28;/h4-23,45H,1-3H3;/q-1;. The van der Waals surface area contributed by atoms with Crippen molar-refractivity contribution >= 4 is 32.7 Å². The van der Waals surface area contributed by atoms with Gasteiger partial charge in [-0.3, -0.25) is 0 Å². The summed E-state index contributed by atoms with van der Waals surface area (Å²) < 4.78 is 8.45. The Morgan fingerprint density at radius 3 is 2.26 bits per heavy atom. The Morgan fingerprint density at radius 2 is 1.45 bits per heavy atom. The van der Waals surface area contributed by atoms with Crippen molar-refractivity contribution in [1.29, 1.82) is 0 Å². The van der Waals surface area contributed by atoms with Crippen LogP contribution in [-0.2, 0) is 21.1 Å². The van der Waals surface area contributed by atoms with E-state index in [0.717, 1.165) is 55.3 Å². The van der Waals surface area contributed by atoms with Crippen LogP contribution in [0.15, 0.2) is 121 Å². The molecule has 0 saturated carbocycles. The maximum absolute atomic E-state index is 10.9. The number of hydrogen-bond acceptors (Lipinski definition) is 4. The molecule has 0 aliphatic rings. The SMILES string of the molecule is Cc1cc(C)c(-c2ccc(O)c3nc(Oc4[c-]c5c(cc4)c4ccccc4n5-c4cc(-c5ccccc5)ccn4)ccc23)c(C)c1.[Pt]. The minimum atomic E-state index is 0. The molecule has 3 aromatic heterocycles. The van der Waals surface area contributed by atoms with Gasteiger partial charge in [-0.25, -0.2) is 9.97 Å². The molecule has 0 bridgehead atoms. The topological polar surface area (TPSA) is 60.2 Å². The second-order valence-corrected chi connectivity index (χ2v) is 11.8. The maximum Gasteiger partial charge on any atom is 0.217 e. The second-order valence-electron chi connectivity index (χ2n) is 11.8. The Bertz CT molecular complexity index is 2430. The van der Waals surface area contributed by atoms with E-state index < -0.39 is 0 Å². The smallest absolute Gasteiger partial charge is 0.217 e. The number of aryl methyl sites for hydroxylation is 3. The molecular weight excluding hydrogens is 762 g/mol. The first-order valence-corrected chi connectivity index (χ1v) is 15.3. The Labute approximate surface area is 287 Å². The van der Waals surface area contributed by atoms with Crippen LogP contribution >= 0.6 is 0 Å². The van der Waals surface area contributed by atoms with Gasteiger partial charge >= 0.3 is 0 Å². The van der Waals surface area contributed by atoms with Gasteiger partial charge in [0.05, 0.1) is 0 Å². The van der Waals surface area contributed by atoms with Gasteiger partial charge < -0.3 is 14.4 Å². The summed E-state index contributed by atoms with van der Waals surface area (Å²) in [6.07, 6.45) is 1.85. The fourth-order valence-electron chi connectivity index (χ4n) is 6.70. The van der Waals surface area contributed by atoms with Gasteiger partial charge in [0.15, 0.2) is 0 Å². The molecule has 0 spiro atoms. The molecular formula is C41H30N3O2Pt-. The number of rotatable bonds is 5. The van der Waals surface area contributed by atoms with Crippen LogP contribution in [0.5, 0.6) is 17.4 Å². The van der Waals surface area contributed by atoms with Crippen LogP contribution in [0.3, 0.4) is 0 Å². The van der Waals surface area contributed by atoms with E-state index in [9.17, 15) is 5.11 Å². The minimum Gasteiger partial charge on any atom is -0.506 e. The number of benzene rings is 5. The Balaban J connectivity index is 0.00000351. The number of para-hydroxylation sites is 1. The zero-order chi connectivity index (χ0) is 31.4. The van der Waals surface area contributed by atoms with E-state index >= 15 is 0 Å². The molecule has 0 amide bonds. The molecule has 0 fully saturated rings. The quantitative estimate of drug-likeness (QED) is 0.176. The fraction of sp³-hybridized carbons (Fsp3) is 0.0732. The van der Waals surface area contributed by atoms with E-state index in [1.165, 1.54) is 16.7 Å². The number of pyridine rings is 2. The summed E-state index contributed by atoms with van der Waals surface area (Å²) in [5.41, 5.74) is 10.4. The molecule has 1 N–H and O–H groups in total. The fourth-order valence-corrected chi connectivity index (χ4v) is 6.70. The summed E-state index contributed by atoms with van der Waals surface area (Å²) in [4.78, 5) is 9.55. The summed E-state index contributed by atoms with van der Waals surface area (Å²) in [5, 5.41) is 13.9. The van der Waals surface area contributed by atoms with Gasteiger partial charge in [0, 0.05) is 50.0 Å². The summed E-state index contributed by atoms with van der Waals surface area (Å²) in [7, 11) is 0. The zero-order valence-electron chi connectivity index (χ0n) is 26.1. The van der Waals surface area contributed by atoms with Crippen LogP contribution in [0.1, 0.15) is 16.7 Å². The van der Waals surface area contributed by atoms with Crippen molar-refractivity contribution in [1.82, 2.24) is 14.5 Å². The molecule has 6 heteroatoms. The first kappa shape index (κ1) is 30.4. The summed E-state index contributed by atoms with van der Waals surface area (Å²) in [6.45, 7) is 6.35. The van der Waals surface area contributed by atoms with Crippen molar-refractivity contribution in [2.75, 3.05) is 0 Å². The second kappa shape index (κ2) is 12.2. The summed E-state index contributed by atoms with van der Waals surface area (Å²) >= 11 is 0. The van der Waals surface area contributed by atoms with Crippen molar-refractivity contribution in [3.8, 4) is 45.5 Å². The van der Waals surface area contributed by atoms with E-state index in [4.69, 9.17) is 14.7 Å². The van der Waals surface area contributed by atoms with Crippen LogP contribution < -0.4 is 4.74 Å². The average molecular weight is 792 g/mol. The molecule has 0 saturated heterocycles. The number of hydrogen-bond donors (Lipinski definition) is 1.